The van der Waals surface area contributed by atoms with E-state index in [-0.39, 0.29) is 0 Å². The number of fused-ring (bicyclic) bond motifs is 5. The van der Waals surface area contributed by atoms with E-state index in [2.05, 4.69) is 53.3 Å². The Kier molecular flexibility index (Phi) is 3.25. The van der Waals surface area contributed by atoms with Crippen LogP contribution in [0, 0.1) is 0 Å². The van der Waals surface area contributed by atoms with E-state index in [4.69, 9.17) is 4.98 Å². The van der Waals surface area contributed by atoms with Gasteiger partial charge in [-0.05, 0) is 37.0 Å². The number of aromatic nitrogens is 2. The number of nitrogens with one attached hydrogen (secondary N) is 1. The van der Waals surface area contributed by atoms with E-state index < -0.39 is 0 Å². The summed E-state index contributed by atoms with van der Waals surface area (Å²) in [5.74, 6) is 2.44. The molecule has 3 atom stereocenters. The van der Waals surface area contributed by atoms with Gasteiger partial charge in [-0.3, -0.25) is 0 Å². The Morgan fingerprint density at radius 1 is 1.27 bits per heavy atom. The predicted octanol–water partition coefficient (Wildman–Crippen LogP) is 3.74. The molecule has 2 heterocycles. The van der Waals surface area contributed by atoms with E-state index in [9.17, 15) is 0 Å². The standard InChI is InChI=1S/C18H22N4/c1-3-12(2)20-18-19-9-8-17(21-18)22-11-13-10-16(22)15-7-5-4-6-14(13)15/h4-9,12-13,16H,3,10-11H2,1-2H3,(H,19,20,21)/t12-,13+,16-/m0/s1. The van der Waals surface area contributed by atoms with Gasteiger partial charge >= 0.3 is 0 Å². The minimum absolute atomic E-state index is 0.394. The van der Waals surface area contributed by atoms with Gasteiger partial charge in [0, 0.05) is 24.7 Å². The second kappa shape index (κ2) is 5.27. The van der Waals surface area contributed by atoms with Gasteiger partial charge in [0.05, 0.1) is 6.04 Å². The Balaban J connectivity index is 1.61. The SMILES string of the molecule is CC[C@H](C)Nc1nccc(N2C[C@H]3C[C@H]2c2ccccc23)n1. The van der Waals surface area contributed by atoms with Crippen molar-refractivity contribution in [1.29, 1.82) is 0 Å². The van der Waals surface area contributed by atoms with Gasteiger partial charge in [0.25, 0.3) is 0 Å². The van der Waals surface area contributed by atoms with Crippen molar-refractivity contribution >= 4 is 11.8 Å². The lowest BCUT2D eigenvalue weighted by molar-refractivity contribution is 0.722. The van der Waals surface area contributed by atoms with Gasteiger partial charge in [-0.15, -0.1) is 0 Å². The third kappa shape index (κ3) is 2.14. The Bertz CT molecular complexity index is 684. The zero-order valence-corrected chi connectivity index (χ0v) is 13.2. The number of rotatable bonds is 4. The van der Waals surface area contributed by atoms with Crippen LogP contribution in [-0.2, 0) is 0 Å². The third-order valence-electron chi connectivity index (χ3n) is 5.02. The highest BCUT2D eigenvalue weighted by molar-refractivity contribution is 5.54. The predicted molar refractivity (Wildman–Crippen MR) is 89.3 cm³/mol. The van der Waals surface area contributed by atoms with Crippen LogP contribution in [0.3, 0.4) is 0 Å². The monoisotopic (exact) mass is 294 g/mol. The third-order valence-corrected chi connectivity index (χ3v) is 5.02. The summed E-state index contributed by atoms with van der Waals surface area (Å²) in [5, 5.41) is 3.37. The lowest BCUT2D eigenvalue weighted by Crippen LogP contribution is -2.28. The van der Waals surface area contributed by atoms with Crippen LogP contribution in [-0.4, -0.2) is 22.6 Å². The van der Waals surface area contributed by atoms with Crippen molar-refractivity contribution in [3.8, 4) is 0 Å². The van der Waals surface area contributed by atoms with Gasteiger partial charge in [0.1, 0.15) is 5.82 Å². The molecule has 0 unspecified atom stereocenters. The molecule has 1 aliphatic heterocycles. The first-order valence-corrected chi connectivity index (χ1v) is 8.21. The van der Waals surface area contributed by atoms with Crippen molar-refractivity contribution in [3.63, 3.8) is 0 Å². The molecule has 1 N–H and O–H groups in total. The van der Waals surface area contributed by atoms with Crippen molar-refractivity contribution in [2.45, 2.75) is 44.7 Å². The summed E-state index contributed by atoms with van der Waals surface area (Å²) >= 11 is 0. The van der Waals surface area contributed by atoms with Crippen molar-refractivity contribution in [2.75, 3.05) is 16.8 Å². The topological polar surface area (TPSA) is 41.1 Å². The van der Waals surface area contributed by atoms with Crippen molar-refractivity contribution < 1.29 is 0 Å². The first-order chi connectivity index (χ1) is 10.8. The Morgan fingerprint density at radius 3 is 2.91 bits per heavy atom. The van der Waals surface area contributed by atoms with E-state index in [1.807, 2.05) is 12.3 Å². The minimum atomic E-state index is 0.394. The average molecular weight is 294 g/mol. The van der Waals surface area contributed by atoms with E-state index >= 15 is 0 Å². The highest BCUT2D eigenvalue weighted by Crippen LogP contribution is 2.51. The fraction of sp³-hybridized carbons (Fsp3) is 0.444. The molecule has 0 saturated carbocycles. The smallest absolute Gasteiger partial charge is 0.224 e. The molecule has 1 fully saturated rings. The molecule has 22 heavy (non-hydrogen) atoms. The minimum Gasteiger partial charge on any atom is -0.352 e. The maximum atomic E-state index is 4.74. The zero-order valence-electron chi connectivity index (χ0n) is 13.2. The Morgan fingerprint density at radius 2 is 2.09 bits per heavy atom. The molecule has 1 aliphatic carbocycles. The van der Waals surface area contributed by atoms with E-state index in [1.54, 1.807) is 0 Å². The lowest BCUT2D eigenvalue weighted by Gasteiger charge is -2.30. The van der Waals surface area contributed by atoms with Crippen molar-refractivity contribution in [3.05, 3.63) is 47.7 Å². The summed E-state index contributed by atoms with van der Waals surface area (Å²) in [7, 11) is 0. The second-order valence-corrected chi connectivity index (χ2v) is 6.42. The molecule has 4 heteroatoms. The van der Waals surface area contributed by atoms with Gasteiger partial charge < -0.3 is 10.2 Å². The largest absolute Gasteiger partial charge is 0.352 e. The summed E-state index contributed by atoms with van der Waals surface area (Å²) in [6.07, 6.45) is 4.15. The van der Waals surface area contributed by atoms with Crippen LogP contribution in [0.25, 0.3) is 0 Å². The molecule has 2 aliphatic rings. The number of anilines is 2. The number of nitrogens with zero attached hydrogens (tertiary/aromatic N) is 3. The second-order valence-electron chi connectivity index (χ2n) is 6.42. The molecule has 0 amide bonds. The normalized spacial score (nSPS) is 23.5. The maximum Gasteiger partial charge on any atom is 0.224 e. The molecule has 114 valence electrons. The first-order valence-electron chi connectivity index (χ1n) is 8.21. The molecular formula is C18H22N4. The summed E-state index contributed by atoms with van der Waals surface area (Å²) in [6.45, 7) is 5.39. The van der Waals surface area contributed by atoms with Crippen LogP contribution in [0.2, 0.25) is 0 Å². The van der Waals surface area contributed by atoms with Crippen LogP contribution in [0.5, 0.6) is 0 Å². The average Bonchev–Trinajstić information content (AvgIpc) is 3.14. The molecule has 1 aromatic heterocycles. The van der Waals surface area contributed by atoms with Crippen LogP contribution in [0.15, 0.2) is 36.5 Å². The molecule has 4 rings (SSSR count). The summed E-state index contributed by atoms with van der Waals surface area (Å²) in [4.78, 5) is 11.5. The first kappa shape index (κ1) is 13.6. The van der Waals surface area contributed by atoms with E-state index in [0.29, 0.717) is 18.0 Å². The fourth-order valence-corrected chi connectivity index (χ4v) is 3.70. The molecule has 1 saturated heterocycles. The van der Waals surface area contributed by atoms with Crippen LogP contribution in [0.4, 0.5) is 11.8 Å². The van der Waals surface area contributed by atoms with E-state index in [0.717, 1.165) is 24.7 Å². The quantitative estimate of drug-likeness (QED) is 0.932. The van der Waals surface area contributed by atoms with Gasteiger partial charge in [-0.2, -0.15) is 4.98 Å². The van der Waals surface area contributed by atoms with Gasteiger partial charge in [-0.1, -0.05) is 31.2 Å². The Hall–Kier alpha value is -2.10. The number of hydrogen-bond acceptors (Lipinski definition) is 4. The summed E-state index contributed by atoms with van der Waals surface area (Å²) < 4.78 is 0. The summed E-state index contributed by atoms with van der Waals surface area (Å²) in [5.41, 5.74) is 3.02. The molecular weight excluding hydrogens is 272 g/mol. The van der Waals surface area contributed by atoms with Gasteiger partial charge in [0.2, 0.25) is 5.95 Å². The van der Waals surface area contributed by atoms with Crippen molar-refractivity contribution in [1.82, 2.24) is 9.97 Å². The number of benzene rings is 1. The molecule has 4 nitrogen and oxygen atoms in total. The van der Waals surface area contributed by atoms with Crippen LogP contribution in [0.1, 0.15) is 49.8 Å². The van der Waals surface area contributed by atoms with E-state index in [1.165, 1.54) is 17.5 Å². The zero-order chi connectivity index (χ0) is 15.1. The molecule has 2 aromatic rings. The molecule has 2 bridgehead atoms. The van der Waals surface area contributed by atoms with Crippen LogP contribution >= 0.6 is 0 Å². The molecule has 0 spiro atoms. The lowest BCUT2D eigenvalue weighted by atomic mass is 9.99. The highest BCUT2D eigenvalue weighted by atomic mass is 15.3. The molecule has 0 radical (unpaired) electrons. The Labute approximate surface area is 131 Å². The summed E-state index contributed by atoms with van der Waals surface area (Å²) in [6, 6.07) is 11.8. The maximum absolute atomic E-state index is 4.74. The van der Waals surface area contributed by atoms with Gasteiger partial charge in [-0.25, -0.2) is 4.98 Å². The van der Waals surface area contributed by atoms with Crippen molar-refractivity contribution in [2.24, 2.45) is 0 Å². The van der Waals surface area contributed by atoms with Crippen LogP contribution < -0.4 is 10.2 Å². The fourth-order valence-electron chi connectivity index (χ4n) is 3.70. The molecule has 1 aromatic carbocycles. The number of hydrogen-bond donors (Lipinski definition) is 1. The highest BCUT2D eigenvalue weighted by Gasteiger charge is 2.42. The van der Waals surface area contributed by atoms with Gasteiger partial charge in [0.15, 0.2) is 0 Å².